The van der Waals surface area contributed by atoms with E-state index in [1.54, 1.807) is 7.11 Å². The number of hydrogen-bond donors (Lipinski definition) is 0. The Morgan fingerprint density at radius 3 is 2.25 bits per heavy atom. The molecule has 0 bridgehead atoms. The van der Waals surface area contributed by atoms with Crippen LogP contribution in [0.4, 0.5) is 5.69 Å². The molecule has 2 unspecified atom stereocenters. The molecule has 2 aliphatic rings. The van der Waals surface area contributed by atoms with Gasteiger partial charge in [0.1, 0.15) is 5.75 Å². The molecule has 2 amide bonds. The number of ether oxygens (including phenoxy) is 1. The third-order valence-electron chi connectivity index (χ3n) is 7.51. The molecule has 0 N–H and O–H groups in total. The summed E-state index contributed by atoms with van der Waals surface area (Å²) >= 11 is 0. The second-order valence-electron chi connectivity index (χ2n) is 9.66. The van der Waals surface area contributed by atoms with Crippen LogP contribution in [0.5, 0.6) is 5.75 Å². The molecule has 3 aromatic carbocycles. The lowest BCUT2D eigenvalue weighted by molar-refractivity contribution is -0.135. The largest absolute Gasteiger partial charge is 0.497 e. The van der Waals surface area contributed by atoms with E-state index in [9.17, 15) is 9.59 Å². The highest BCUT2D eigenvalue weighted by atomic mass is 16.5. The number of anilines is 1. The van der Waals surface area contributed by atoms with E-state index in [4.69, 9.17) is 4.74 Å². The highest BCUT2D eigenvalue weighted by molar-refractivity contribution is 5.95. The minimum Gasteiger partial charge on any atom is -0.497 e. The lowest BCUT2D eigenvalue weighted by atomic mass is 9.87. The van der Waals surface area contributed by atoms with Crippen LogP contribution >= 0.6 is 0 Å². The van der Waals surface area contributed by atoms with E-state index in [2.05, 4.69) is 36.1 Å². The van der Waals surface area contributed by atoms with E-state index in [1.807, 2.05) is 64.4 Å². The van der Waals surface area contributed by atoms with Gasteiger partial charge in [-0.25, -0.2) is 0 Å². The molecule has 2 saturated heterocycles. The monoisotopic (exact) mass is 483 g/mol. The van der Waals surface area contributed by atoms with Gasteiger partial charge in [0.2, 0.25) is 5.91 Å². The Balaban J connectivity index is 1.35. The zero-order valence-corrected chi connectivity index (χ0v) is 21.0. The van der Waals surface area contributed by atoms with E-state index in [-0.39, 0.29) is 23.7 Å². The first-order valence-electron chi connectivity index (χ1n) is 12.6. The highest BCUT2D eigenvalue weighted by Crippen LogP contribution is 2.36. The van der Waals surface area contributed by atoms with Gasteiger partial charge >= 0.3 is 0 Å². The van der Waals surface area contributed by atoms with E-state index in [1.165, 1.54) is 11.3 Å². The molecule has 3 aromatic rings. The van der Waals surface area contributed by atoms with Gasteiger partial charge in [-0.05, 0) is 48.4 Å². The number of amides is 2. The summed E-state index contributed by atoms with van der Waals surface area (Å²) < 4.78 is 5.45. The minimum absolute atomic E-state index is 0.0248. The Labute approximate surface area is 213 Å². The first-order valence-corrected chi connectivity index (χ1v) is 12.6. The molecule has 2 aliphatic heterocycles. The van der Waals surface area contributed by atoms with Crippen LogP contribution in [-0.4, -0.2) is 68.0 Å². The van der Waals surface area contributed by atoms with Crippen molar-refractivity contribution in [3.63, 3.8) is 0 Å². The van der Waals surface area contributed by atoms with Gasteiger partial charge in [0, 0.05) is 56.4 Å². The molecule has 0 aliphatic carbocycles. The number of likely N-dealkylation sites (tertiary alicyclic amines) is 1. The van der Waals surface area contributed by atoms with Crippen LogP contribution in [0, 0.1) is 12.8 Å². The summed E-state index contributed by atoms with van der Waals surface area (Å²) in [6, 6.07) is 25.6. The van der Waals surface area contributed by atoms with Crippen molar-refractivity contribution in [2.45, 2.75) is 12.8 Å². The van der Waals surface area contributed by atoms with Gasteiger partial charge in [-0.1, -0.05) is 48.5 Å². The highest BCUT2D eigenvalue weighted by Gasteiger charge is 2.42. The summed E-state index contributed by atoms with van der Waals surface area (Å²) in [7, 11) is 1.65. The van der Waals surface area contributed by atoms with Gasteiger partial charge in [-0.15, -0.1) is 0 Å². The zero-order valence-electron chi connectivity index (χ0n) is 21.0. The third-order valence-corrected chi connectivity index (χ3v) is 7.51. The fraction of sp³-hybridized carbons (Fsp3) is 0.333. The fourth-order valence-corrected chi connectivity index (χ4v) is 5.51. The number of rotatable bonds is 5. The molecule has 36 heavy (non-hydrogen) atoms. The molecule has 6 nitrogen and oxygen atoms in total. The van der Waals surface area contributed by atoms with Crippen molar-refractivity contribution in [1.29, 1.82) is 0 Å². The molecule has 0 aromatic heterocycles. The van der Waals surface area contributed by atoms with Gasteiger partial charge in [0.25, 0.3) is 5.91 Å². The summed E-state index contributed by atoms with van der Waals surface area (Å²) in [5.74, 6) is 0.515. The Hall–Kier alpha value is -3.80. The Kier molecular flexibility index (Phi) is 6.94. The SMILES string of the molecule is COc1cccc(C2CN(C(=O)c3ccccc3)CC2C(=O)N2CCN(c3ccccc3C)CC2)c1. The summed E-state index contributed by atoms with van der Waals surface area (Å²) in [4.78, 5) is 33.4. The standard InChI is InChI=1S/C30H33N3O3/c1-22-9-6-7-14-28(22)31-15-17-32(18-16-31)30(35)27-21-33(29(34)23-10-4-3-5-11-23)20-26(27)24-12-8-13-25(19-24)36-2/h3-14,19,26-27H,15-18,20-21H2,1-2H3. The van der Waals surface area contributed by atoms with Gasteiger partial charge in [0.15, 0.2) is 0 Å². The topological polar surface area (TPSA) is 53.1 Å². The van der Waals surface area contributed by atoms with E-state index in [0.29, 0.717) is 31.7 Å². The Morgan fingerprint density at radius 2 is 1.53 bits per heavy atom. The number of piperazine rings is 1. The molecular formula is C30H33N3O3. The van der Waals surface area contributed by atoms with Crippen LogP contribution < -0.4 is 9.64 Å². The molecule has 2 atom stereocenters. The zero-order chi connectivity index (χ0) is 25.1. The van der Waals surface area contributed by atoms with Crippen molar-refractivity contribution in [2.24, 2.45) is 5.92 Å². The Bertz CT molecular complexity index is 1220. The Morgan fingerprint density at radius 1 is 0.806 bits per heavy atom. The second-order valence-corrected chi connectivity index (χ2v) is 9.66. The molecule has 0 saturated carbocycles. The molecule has 5 rings (SSSR count). The van der Waals surface area contributed by atoms with Crippen LogP contribution in [0.25, 0.3) is 0 Å². The maximum atomic E-state index is 13.9. The van der Waals surface area contributed by atoms with Crippen molar-refractivity contribution in [1.82, 2.24) is 9.80 Å². The smallest absolute Gasteiger partial charge is 0.253 e. The quantitative estimate of drug-likeness (QED) is 0.546. The molecule has 6 heteroatoms. The van der Waals surface area contributed by atoms with Gasteiger partial charge in [-0.2, -0.15) is 0 Å². The number of methoxy groups -OCH3 is 1. The predicted octanol–water partition coefficient (Wildman–Crippen LogP) is 4.21. The maximum Gasteiger partial charge on any atom is 0.253 e. The van der Waals surface area contributed by atoms with Gasteiger partial charge < -0.3 is 19.4 Å². The fourth-order valence-electron chi connectivity index (χ4n) is 5.51. The molecule has 2 fully saturated rings. The molecule has 0 radical (unpaired) electrons. The average molecular weight is 484 g/mol. The minimum atomic E-state index is -0.283. The summed E-state index contributed by atoms with van der Waals surface area (Å²) in [5, 5.41) is 0. The first-order chi connectivity index (χ1) is 17.5. The number of hydrogen-bond acceptors (Lipinski definition) is 4. The van der Waals surface area contributed by atoms with Crippen molar-refractivity contribution < 1.29 is 14.3 Å². The van der Waals surface area contributed by atoms with Crippen LogP contribution in [-0.2, 0) is 4.79 Å². The van der Waals surface area contributed by atoms with Crippen LogP contribution in [0.15, 0.2) is 78.9 Å². The van der Waals surface area contributed by atoms with Crippen molar-refractivity contribution >= 4 is 17.5 Å². The number of nitrogens with zero attached hydrogens (tertiary/aromatic N) is 3. The lowest BCUT2D eigenvalue weighted by Crippen LogP contribution is -2.51. The molecule has 186 valence electrons. The van der Waals surface area contributed by atoms with Crippen molar-refractivity contribution in [3.8, 4) is 5.75 Å². The van der Waals surface area contributed by atoms with E-state index < -0.39 is 0 Å². The third kappa shape index (κ3) is 4.81. The number of para-hydroxylation sites is 1. The lowest BCUT2D eigenvalue weighted by Gasteiger charge is -2.38. The first kappa shape index (κ1) is 23.9. The number of benzene rings is 3. The molecule has 2 heterocycles. The summed E-state index contributed by atoms with van der Waals surface area (Å²) in [5.41, 5.74) is 4.18. The van der Waals surface area contributed by atoms with Crippen LogP contribution in [0.1, 0.15) is 27.4 Å². The summed E-state index contributed by atoms with van der Waals surface area (Å²) in [6.07, 6.45) is 0. The van der Waals surface area contributed by atoms with E-state index >= 15 is 0 Å². The van der Waals surface area contributed by atoms with E-state index in [0.717, 1.165) is 24.4 Å². The predicted molar refractivity (Wildman–Crippen MR) is 142 cm³/mol. The normalized spacial score (nSPS) is 19.9. The number of aryl methyl sites for hydroxylation is 1. The van der Waals surface area contributed by atoms with Gasteiger partial charge in [0.05, 0.1) is 13.0 Å². The number of carbonyl (C=O) groups is 2. The van der Waals surface area contributed by atoms with Gasteiger partial charge in [-0.3, -0.25) is 9.59 Å². The van der Waals surface area contributed by atoms with Crippen molar-refractivity contribution in [3.05, 3.63) is 95.6 Å². The molecular weight excluding hydrogens is 450 g/mol. The number of carbonyl (C=O) groups excluding carboxylic acids is 2. The van der Waals surface area contributed by atoms with Crippen molar-refractivity contribution in [2.75, 3.05) is 51.3 Å². The van der Waals surface area contributed by atoms with Crippen LogP contribution in [0.3, 0.4) is 0 Å². The molecule has 0 spiro atoms. The second kappa shape index (κ2) is 10.4. The average Bonchev–Trinajstić information content (AvgIpc) is 3.39. The van der Waals surface area contributed by atoms with Crippen LogP contribution in [0.2, 0.25) is 0 Å². The summed E-state index contributed by atoms with van der Waals surface area (Å²) in [6.45, 7) is 6.04. The maximum absolute atomic E-state index is 13.9.